The van der Waals surface area contributed by atoms with Gasteiger partial charge in [-0.2, -0.15) is 0 Å². The highest BCUT2D eigenvalue weighted by Gasteiger charge is 2.18. The van der Waals surface area contributed by atoms with Gasteiger partial charge in [0.1, 0.15) is 0 Å². The zero-order valence-electron chi connectivity index (χ0n) is 12.9. The van der Waals surface area contributed by atoms with Crippen molar-refractivity contribution in [2.24, 2.45) is 0 Å². The molecular weight excluding hydrogens is 252 g/mol. The number of benzene rings is 1. The second-order valence-corrected chi connectivity index (χ2v) is 5.24. The first-order chi connectivity index (χ1) is 9.45. The van der Waals surface area contributed by atoms with Gasteiger partial charge >= 0.3 is 0 Å². The van der Waals surface area contributed by atoms with Crippen molar-refractivity contribution in [2.75, 3.05) is 13.1 Å². The maximum Gasteiger partial charge on any atom is 0.216 e. The van der Waals surface area contributed by atoms with E-state index in [0.717, 1.165) is 12.0 Å². The molecule has 112 valence electrons. The molecule has 2 atom stereocenters. The number of aryl methyl sites for hydroxylation is 2. The Morgan fingerprint density at radius 1 is 1.25 bits per heavy atom. The highest BCUT2D eigenvalue weighted by atomic mass is 16.3. The molecule has 0 aliphatic heterocycles. The third-order valence-corrected chi connectivity index (χ3v) is 3.60. The van der Waals surface area contributed by atoms with Crippen LogP contribution in [0.4, 0.5) is 0 Å². The van der Waals surface area contributed by atoms with Crippen molar-refractivity contribution >= 4 is 5.91 Å². The second-order valence-electron chi connectivity index (χ2n) is 5.24. The molecule has 3 N–H and O–H groups in total. The van der Waals surface area contributed by atoms with Crippen LogP contribution in [0.15, 0.2) is 18.2 Å². The monoisotopic (exact) mass is 278 g/mol. The highest BCUT2D eigenvalue weighted by Crippen LogP contribution is 2.21. The summed E-state index contributed by atoms with van der Waals surface area (Å²) in [7, 11) is 0. The lowest BCUT2D eigenvalue weighted by Crippen LogP contribution is -2.39. The lowest BCUT2D eigenvalue weighted by Gasteiger charge is -2.24. The van der Waals surface area contributed by atoms with Gasteiger partial charge in [0.2, 0.25) is 5.91 Å². The van der Waals surface area contributed by atoms with Gasteiger partial charge in [-0.15, -0.1) is 0 Å². The Balaban J connectivity index is 2.59. The zero-order chi connectivity index (χ0) is 15.1. The van der Waals surface area contributed by atoms with Crippen LogP contribution >= 0.6 is 0 Å². The van der Waals surface area contributed by atoms with Gasteiger partial charge in [0.25, 0.3) is 0 Å². The molecule has 1 rings (SSSR count). The summed E-state index contributed by atoms with van der Waals surface area (Å²) in [6, 6.07) is 6.05. The molecule has 0 spiro atoms. The Hall–Kier alpha value is -1.39. The zero-order valence-corrected chi connectivity index (χ0v) is 12.9. The number of amides is 1. The fraction of sp³-hybridized carbons (Fsp3) is 0.562. The van der Waals surface area contributed by atoms with Gasteiger partial charge in [0.05, 0.1) is 6.10 Å². The molecule has 2 unspecified atom stereocenters. The predicted molar refractivity (Wildman–Crippen MR) is 81.6 cm³/mol. The van der Waals surface area contributed by atoms with Crippen molar-refractivity contribution in [1.29, 1.82) is 0 Å². The second kappa shape index (κ2) is 8.02. The maximum absolute atomic E-state index is 10.8. The van der Waals surface area contributed by atoms with Crippen LogP contribution < -0.4 is 10.6 Å². The van der Waals surface area contributed by atoms with E-state index in [1.807, 2.05) is 25.1 Å². The van der Waals surface area contributed by atoms with Gasteiger partial charge in [-0.05, 0) is 37.0 Å². The molecular formula is C16H26N2O2. The molecule has 0 radical (unpaired) electrons. The number of aliphatic hydroxyl groups is 1. The molecule has 0 aliphatic carbocycles. The molecule has 0 saturated heterocycles. The fourth-order valence-electron chi connectivity index (χ4n) is 2.16. The van der Waals surface area contributed by atoms with E-state index in [1.54, 1.807) is 0 Å². The fourth-order valence-corrected chi connectivity index (χ4v) is 2.16. The molecule has 0 bridgehead atoms. The number of hydrogen-bond donors (Lipinski definition) is 3. The molecule has 4 heteroatoms. The van der Waals surface area contributed by atoms with Crippen molar-refractivity contribution in [3.8, 4) is 0 Å². The summed E-state index contributed by atoms with van der Waals surface area (Å²) in [4.78, 5) is 10.8. The van der Waals surface area contributed by atoms with Crippen LogP contribution in [0.2, 0.25) is 0 Å². The molecule has 0 aliphatic rings. The van der Waals surface area contributed by atoms with Crippen LogP contribution in [0, 0.1) is 13.8 Å². The first kappa shape index (κ1) is 16.7. The van der Waals surface area contributed by atoms with Crippen LogP contribution in [0.25, 0.3) is 0 Å². The standard InChI is InChI=1S/C16H26N2O2/c1-5-15(18-9-8-17-13(4)19)16(20)14-7-6-11(2)12(3)10-14/h6-7,10,15-16,18,20H,5,8-9H2,1-4H3,(H,17,19). The summed E-state index contributed by atoms with van der Waals surface area (Å²) in [5.74, 6) is -0.0328. The molecule has 1 aromatic carbocycles. The number of hydrogen-bond acceptors (Lipinski definition) is 3. The van der Waals surface area contributed by atoms with Crippen molar-refractivity contribution in [2.45, 2.75) is 46.3 Å². The Labute approximate surface area is 121 Å². The highest BCUT2D eigenvalue weighted by molar-refractivity contribution is 5.72. The number of carbonyl (C=O) groups is 1. The Bertz CT molecular complexity index is 446. The van der Waals surface area contributed by atoms with Crippen LogP contribution in [0.3, 0.4) is 0 Å². The van der Waals surface area contributed by atoms with Crippen LogP contribution in [-0.4, -0.2) is 30.1 Å². The lowest BCUT2D eigenvalue weighted by molar-refractivity contribution is -0.118. The van der Waals surface area contributed by atoms with Gasteiger partial charge < -0.3 is 15.7 Å². The summed E-state index contributed by atoms with van der Waals surface area (Å²) >= 11 is 0. The Morgan fingerprint density at radius 3 is 2.50 bits per heavy atom. The van der Waals surface area contributed by atoms with E-state index in [4.69, 9.17) is 0 Å². The van der Waals surface area contributed by atoms with E-state index >= 15 is 0 Å². The minimum absolute atomic E-state index is 0.00846. The first-order valence-electron chi connectivity index (χ1n) is 7.18. The molecule has 0 saturated carbocycles. The topological polar surface area (TPSA) is 61.4 Å². The van der Waals surface area contributed by atoms with Gasteiger partial charge in [-0.1, -0.05) is 25.1 Å². The largest absolute Gasteiger partial charge is 0.387 e. The Kier molecular flexibility index (Phi) is 6.68. The molecule has 20 heavy (non-hydrogen) atoms. The van der Waals surface area contributed by atoms with Crippen LogP contribution in [-0.2, 0) is 4.79 Å². The number of nitrogens with one attached hydrogen (secondary N) is 2. The van der Waals surface area contributed by atoms with Crippen molar-refractivity contribution in [1.82, 2.24) is 10.6 Å². The third kappa shape index (κ3) is 4.94. The maximum atomic E-state index is 10.8. The van der Waals surface area contributed by atoms with E-state index < -0.39 is 6.10 Å². The van der Waals surface area contributed by atoms with E-state index in [0.29, 0.717) is 13.1 Å². The van der Waals surface area contributed by atoms with Gasteiger partial charge in [-0.25, -0.2) is 0 Å². The number of aliphatic hydroxyl groups excluding tert-OH is 1. The Morgan fingerprint density at radius 2 is 1.95 bits per heavy atom. The van der Waals surface area contributed by atoms with Crippen LogP contribution in [0.1, 0.15) is 43.1 Å². The predicted octanol–water partition coefficient (Wildman–Crippen LogP) is 1.84. The molecule has 0 fully saturated rings. The molecule has 4 nitrogen and oxygen atoms in total. The molecule has 0 heterocycles. The van der Waals surface area contributed by atoms with E-state index in [2.05, 4.69) is 24.5 Å². The number of rotatable bonds is 7. The van der Waals surface area contributed by atoms with Gasteiger partial charge in [0, 0.05) is 26.1 Å². The smallest absolute Gasteiger partial charge is 0.216 e. The molecule has 0 aromatic heterocycles. The van der Waals surface area contributed by atoms with E-state index in [-0.39, 0.29) is 11.9 Å². The third-order valence-electron chi connectivity index (χ3n) is 3.60. The average molecular weight is 278 g/mol. The average Bonchev–Trinajstić information content (AvgIpc) is 2.41. The van der Waals surface area contributed by atoms with Crippen molar-refractivity contribution in [3.63, 3.8) is 0 Å². The minimum atomic E-state index is -0.531. The minimum Gasteiger partial charge on any atom is -0.387 e. The van der Waals surface area contributed by atoms with Crippen molar-refractivity contribution < 1.29 is 9.90 Å². The summed E-state index contributed by atoms with van der Waals surface area (Å²) in [5, 5.41) is 16.5. The summed E-state index contributed by atoms with van der Waals surface area (Å²) in [5.41, 5.74) is 3.36. The van der Waals surface area contributed by atoms with Gasteiger partial charge in [0.15, 0.2) is 0 Å². The van der Waals surface area contributed by atoms with Crippen LogP contribution in [0.5, 0.6) is 0 Å². The number of carbonyl (C=O) groups excluding carboxylic acids is 1. The van der Waals surface area contributed by atoms with E-state index in [9.17, 15) is 9.90 Å². The molecule has 1 aromatic rings. The molecule has 1 amide bonds. The quantitative estimate of drug-likeness (QED) is 0.667. The first-order valence-corrected chi connectivity index (χ1v) is 7.18. The normalized spacial score (nSPS) is 13.8. The van der Waals surface area contributed by atoms with E-state index in [1.165, 1.54) is 18.1 Å². The SMILES string of the molecule is CCC(NCCNC(C)=O)C(O)c1ccc(C)c(C)c1. The van der Waals surface area contributed by atoms with Gasteiger partial charge in [-0.3, -0.25) is 4.79 Å². The summed E-state index contributed by atoms with van der Waals surface area (Å²) in [6.07, 6.45) is 0.297. The summed E-state index contributed by atoms with van der Waals surface area (Å²) < 4.78 is 0. The lowest BCUT2D eigenvalue weighted by atomic mass is 9.97. The summed E-state index contributed by atoms with van der Waals surface area (Å²) in [6.45, 7) is 8.89. The van der Waals surface area contributed by atoms with Crippen molar-refractivity contribution in [3.05, 3.63) is 34.9 Å².